The minimum absolute atomic E-state index is 0.0259. The van der Waals surface area contributed by atoms with Crippen molar-refractivity contribution in [3.8, 4) is 0 Å². The fourth-order valence-electron chi connectivity index (χ4n) is 5.96. The number of carboxylic acid groups (broad SMARTS) is 1. The molecule has 6 rings (SSSR count). The van der Waals surface area contributed by atoms with Crippen molar-refractivity contribution in [3.63, 3.8) is 0 Å². The van der Waals surface area contributed by atoms with Gasteiger partial charge in [0.05, 0.1) is 11.1 Å². The molecule has 2 bridgehead atoms. The first kappa shape index (κ1) is 20.9. The van der Waals surface area contributed by atoms with E-state index >= 15 is 0 Å². The standard InChI is InChI=1S/C23H28O8/c1-12-7-8-17-13(2)20(27-19(26)15-6-4-5-14(11-15)18(24)25)28-21-23(17)16(12)9-10-22(3,29-21)30-31-23/h4-6,11-13,16-17,20-21H,7-10H2,1-3H3,(H,24,25)/t12-,13-,16+,17+,20-,21-,22+,23?/m1/s1. The average molecular weight is 432 g/mol. The maximum atomic E-state index is 12.8. The van der Waals surface area contributed by atoms with Crippen LogP contribution in [0.1, 0.15) is 67.2 Å². The Balaban J connectivity index is 1.43. The van der Waals surface area contributed by atoms with E-state index in [0.29, 0.717) is 12.3 Å². The largest absolute Gasteiger partial charge is 0.478 e. The Morgan fingerprint density at radius 2 is 1.87 bits per heavy atom. The first-order chi connectivity index (χ1) is 14.7. The van der Waals surface area contributed by atoms with Crippen molar-refractivity contribution in [1.29, 1.82) is 0 Å². The van der Waals surface area contributed by atoms with Crippen molar-refractivity contribution in [2.75, 3.05) is 0 Å². The molecular formula is C23H28O8. The molecule has 4 saturated heterocycles. The second kappa shape index (κ2) is 7.27. The highest BCUT2D eigenvalue weighted by Crippen LogP contribution is 2.60. The predicted molar refractivity (Wildman–Crippen MR) is 106 cm³/mol. The molecule has 1 unspecified atom stereocenters. The van der Waals surface area contributed by atoms with Gasteiger partial charge in [-0.3, -0.25) is 0 Å². The molecule has 1 aromatic carbocycles. The molecule has 5 aliphatic rings. The molecule has 0 amide bonds. The summed E-state index contributed by atoms with van der Waals surface area (Å²) in [6.07, 6.45) is 2.04. The van der Waals surface area contributed by atoms with Crippen LogP contribution >= 0.6 is 0 Å². The van der Waals surface area contributed by atoms with Gasteiger partial charge < -0.3 is 19.3 Å². The molecule has 8 atom stereocenters. The van der Waals surface area contributed by atoms with Crippen molar-refractivity contribution in [2.45, 2.75) is 70.4 Å². The van der Waals surface area contributed by atoms with Crippen molar-refractivity contribution < 1.29 is 38.7 Å². The fraction of sp³-hybridized carbons (Fsp3) is 0.652. The Bertz CT molecular complexity index is 901. The minimum Gasteiger partial charge on any atom is -0.478 e. The maximum Gasteiger partial charge on any atom is 0.340 e. The number of carbonyl (C=O) groups excluding carboxylic acids is 1. The lowest BCUT2D eigenvalue weighted by atomic mass is 9.58. The van der Waals surface area contributed by atoms with Gasteiger partial charge in [0.1, 0.15) is 0 Å². The summed E-state index contributed by atoms with van der Waals surface area (Å²) in [7, 11) is 0. The van der Waals surface area contributed by atoms with E-state index < -0.39 is 35.9 Å². The van der Waals surface area contributed by atoms with Crippen molar-refractivity contribution in [3.05, 3.63) is 35.4 Å². The van der Waals surface area contributed by atoms with Crippen LogP contribution in [0, 0.1) is 23.7 Å². The topological polar surface area (TPSA) is 101 Å². The molecule has 5 fully saturated rings. The number of carbonyl (C=O) groups is 2. The van der Waals surface area contributed by atoms with Crippen LogP contribution in [-0.4, -0.2) is 41.0 Å². The fourth-order valence-corrected chi connectivity index (χ4v) is 5.96. The van der Waals surface area contributed by atoms with E-state index in [-0.39, 0.29) is 28.9 Å². The molecule has 0 aromatic heterocycles. The van der Waals surface area contributed by atoms with Crippen LogP contribution in [0.3, 0.4) is 0 Å². The summed E-state index contributed by atoms with van der Waals surface area (Å²) in [5, 5.41) is 9.19. The predicted octanol–water partition coefficient (Wildman–Crippen LogP) is 3.75. The monoisotopic (exact) mass is 432 g/mol. The van der Waals surface area contributed by atoms with E-state index in [4.69, 9.17) is 24.0 Å². The zero-order chi connectivity index (χ0) is 22.0. The normalized spacial score (nSPS) is 43.6. The molecule has 8 nitrogen and oxygen atoms in total. The third-order valence-electron chi connectivity index (χ3n) is 7.67. The highest BCUT2D eigenvalue weighted by Gasteiger charge is 2.69. The number of aromatic carboxylic acids is 1. The smallest absolute Gasteiger partial charge is 0.340 e. The number of hydrogen-bond donors (Lipinski definition) is 1. The third-order valence-corrected chi connectivity index (χ3v) is 7.67. The van der Waals surface area contributed by atoms with Gasteiger partial charge in [-0.1, -0.05) is 19.9 Å². The van der Waals surface area contributed by atoms with Gasteiger partial charge in [0.25, 0.3) is 0 Å². The molecule has 1 N–H and O–H groups in total. The van der Waals surface area contributed by atoms with Gasteiger partial charge in [-0.15, -0.1) is 0 Å². The van der Waals surface area contributed by atoms with Gasteiger partial charge in [-0.25, -0.2) is 19.4 Å². The van der Waals surface area contributed by atoms with Gasteiger partial charge in [-0.2, -0.15) is 0 Å². The van der Waals surface area contributed by atoms with E-state index in [1.165, 1.54) is 24.3 Å². The SMILES string of the molecule is C[C@H]1[C@H](OC(=O)c2cccc(C(=O)O)c2)O[C@@H]2O[C@]3(C)CC[C@H]4[C@H](C)CC[C@@H]1C24OO3. The summed E-state index contributed by atoms with van der Waals surface area (Å²) in [4.78, 5) is 35.9. The van der Waals surface area contributed by atoms with Crippen LogP contribution in [0.2, 0.25) is 0 Å². The van der Waals surface area contributed by atoms with Crippen molar-refractivity contribution in [1.82, 2.24) is 0 Å². The molecule has 168 valence electrons. The Morgan fingerprint density at radius 3 is 2.65 bits per heavy atom. The second-order valence-corrected chi connectivity index (χ2v) is 9.56. The Kier molecular flexibility index (Phi) is 4.89. The zero-order valence-corrected chi connectivity index (χ0v) is 17.9. The lowest BCUT2D eigenvalue weighted by Crippen LogP contribution is -2.70. The van der Waals surface area contributed by atoms with E-state index in [1.807, 2.05) is 13.8 Å². The number of ether oxygens (including phenoxy) is 3. The average Bonchev–Trinajstić information content (AvgIpc) is 2.98. The summed E-state index contributed by atoms with van der Waals surface area (Å²) in [6.45, 7) is 6.08. The van der Waals surface area contributed by atoms with Gasteiger partial charge in [0.2, 0.25) is 12.1 Å². The molecular weight excluding hydrogens is 404 g/mol. The van der Waals surface area contributed by atoms with E-state index in [2.05, 4.69) is 6.92 Å². The Hall–Kier alpha value is -2.00. The van der Waals surface area contributed by atoms with Crippen LogP contribution in [0.15, 0.2) is 24.3 Å². The van der Waals surface area contributed by atoms with Crippen LogP contribution in [0.4, 0.5) is 0 Å². The molecule has 4 aliphatic heterocycles. The van der Waals surface area contributed by atoms with Crippen molar-refractivity contribution >= 4 is 11.9 Å². The number of carboxylic acids is 1. The highest BCUT2D eigenvalue weighted by molar-refractivity contribution is 5.94. The summed E-state index contributed by atoms with van der Waals surface area (Å²) >= 11 is 0. The van der Waals surface area contributed by atoms with Crippen LogP contribution < -0.4 is 0 Å². The van der Waals surface area contributed by atoms with Gasteiger partial charge >= 0.3 is 11.9 Å². The first-order valence-electron chi connectivity index (χ1n) is 11.0. The van der Waals surface area contributed by atoms with Crippen LogP contribution in [0.25, 0.3) is 0 Å². The van der Waals surface area contributed by atoms with Crippen LogP contribution in [0.5, 0.6) is 0 Å². The molecule has 4 heterocycles. The molecule has 1 spiro atoms. The maximum absolute atomic E-state index is 12.8. The Morgan fingerprint density at radius 1 is 1.10 bits per heavy atom. The molecule has 1 saturated carbocycles. The summed E-state index contributed by atoms with van der Waals surface area (Å²) in [5.74, 6) is -2.06. The van der Waals surface area contributed by atoms with Gasteiger partial charge in [-0.05, 0) is 56.2 Å². The minimum atomic E-state index is -1.10. The number of rotatable bonds is 3. The van der Waals surface area contributed by atoms with Crippen LogP contribution in [-0.2, 0) is 24.0 Å². The molecule has 1 aliphatic carbocycles. The molecule has 31 heavy (non-hydrogen) atoms. The Labute approximate surface area is 180 Å². The quantitative estimate of drug-likeness (QED) is 0.569. The number of fused-ring (bicyclic) bond motifs is 2. The van der Waals surface area contributed by atoms with E-state index in [0.717, 1.165) is 19.3 Å². The van der Waals surface area contributed by atoms with Crippen molar-refractivity contribution in [2.24, 2.45) is 23.7 Å². The lowest BCUT2D eigenvalue weighted by molar-refractivity contribution is -0.576. The first-order valence-corrected chi connectivity index (χ1v) is 11.0. The number of hydrogen-bond acceptors (Lipinski definition) is 7. The summed E-state index contributed by atoms with van der Waals surface area (Å²) in [6, 6.07) is 5.79. The third kappa shape index (κ3) is 3.19. The number of esters is 1. The van der Waals surface area contributed by atoms with Gasteiger partial charge in [0, 0.05) is 18.3 Å². The van der Waals surface area contributed by atoms with E-state index in [1.54, 1.807) is 0 Å². The molecule has 1 aromatic rings. The zero-order valence-electron chi connectivity index (χ0n) is 17.9. The van der Waals surface area contributed by atoms with Gasteiger partial charge in [0.15, 0.2) is 11.9 Å². The summed E-state index contributed by atoms with van der Waals surface area (Å²) in [5.41, 5.74) is -0.529. The lowest BCUT2D eigenvalue weighted by Gasteiger charge is -2.59. The summed E-state index contributed by atoms with van der Waals surface area (Å²) < 4.78 is 18.2. The highest BCUT2D eigenvalue weighted by atomic mass is 17.3. The number of benzene rings is 1. The molecule has 8 heteroatoms. The second-order valence-electron chi connectivity index (χ2n) is 9.56. The molecule has 0 radical (unpaired) electrons. The van der Waals surface area contributed by atoms with E-state index in [9.17, 15) is 14.7 Å².